The number of Topliss-reactive ketones (excluding diaryl/α,β-unsaturated/α-hetero) is 1. The summed E-state index contributed by atoms with van der Waals surface area (Å²) in [5, 5.41) is 25.0. The first-order valence-corrected chi connectivity index (χ1v) is 23.8. The zero-order valence-electron chi connectivity index (χ0n) is 41.4. The third-order valence-electron chi connectivity index (χ3n) is 11.9. The average molecular weight is 1010 g/mol. The molecule has 1 atom stereocenters. The lowest BCUT2D eigenvalue weighted by atomic mass is 10.0. The number of unbranched alkanes of at least 4 members (excludes halogenated alkanes) is 1. The van der Waals surface area contributed by atoms with Gasteiger partial charge in [0.1, 0.15) is 12.3 Å². The second kappa shape index (κ2) is 25.3. The number of benzene rings is 4. The summed E-state index contributed by atoms with van der Waals surface area (Å²) in [7, 11) is 4.41. The molecule has 3 heterocycles. The van der Waals surface area contributed by atoms with Crippen LogP contribution < -0.4 is 31.3 Å². The maximum atomic E-state index is 15.3. The minimum Gasteiger partial charge on any atom is -0.480 e. The van der Waals surface area contributed by atoms with E-state index in [1.54, 1.807) is 54.7 Å². The Kier molecular flexibility index (Phi) is 18.2. The Morgan fingerprint density at radius 1 is 0.892 bits per heavy atom. The number of allylic oxidation sites excluding steroid dienone is 2. The summed E-state index contributed by atoms with van der Waals surface area (Å²) in [4.78, 5) is 57.9. The Balaban J connectivity index is 0.879. The summed E-state index contributed by atoms with van der Waals surface area (Å²) in [6.07, 6.45) is 7.22. The van der Waals surface area contributed by atoms with Crippen LogP contribution in [-0.4, -0.2) is 94.7 Å². The second-order valence-electron chi connectivity index (χ2n) is 17.7. The number of amides is 3. The number of carbonyl (C=O) groups is 4. The van der Waals surface area contributed by atoms with Gasteiger partial charge in [0, 0.05) is 79.9 Å². The van der Waals surface area contributed by atoms with Crippen LogP contribution >= 0.6 is 0 Å². The molecule has 0 saturated carbocycles. The van der Waals surface area contributed by atoms with E-state index in [4.69, 9.17) is 10.5 Å². The molecular weight excluding hydrogens is 952 g/mol. The molecule has 4 aromatic carbocycles. The van der Waals surface area contributed by atoms with Gasteiger partial charge in [-0.2, -0.15) is 10.2 Å². The average Bonchev–Trinajstić information content (AvgIpc) is 4.14. The van der Waals surface area contributed by atoms with Gasteiger partial charge in [-0.3, -0.25) is 19.2 Å². The van der Waals surface area contributed by atoms with Crippen LogP contribution in [0.2, 0.25) is 0 Å². The molecule has 6 N–H and O–H groups in total. The van der Waals surface area contributed by atoms with Crippen LogP contribution in [0.3, 0.4) is 0 Å². The van der Waals surface area contributed by atoms with Crippen molar-refractivity contribution >= 4 is 60.0 Å². The van der Waals surface area contributed by atoms with E-state index in [2.05, 4.69) is 41.5 Å². The highest BCUT2D eigenvalue weighted by Gasteiger charge is 2.28. The van der Waals surface area contributed by atoms with Gasteiger partial charge in [-0.1, -0.05) is 11.3 Å². The number of anilines is 1. The Bertz CT molecular complexity index is 3090. The molecule has 3 amide bonds. The van der Waals surface area contributed by atoms with Gasteiger partial charge < -0.3 is 36.3 Å². The quantitative estimate of drug-likeness (QED) is 0.0228. The number of aromatic nitrogens is 4. The molecule has 0 fully saturated rings. The van der Waals surface area contributed by atoms with E-state index in [0.29, 0.717) is 61.8 Å². The number of azo groups is 1. The second-order valence-corrected chi connectivity index (χ2v) is 17.7. The van der Waals surface area contributed by atoms with Crippen molar-refractivity contribution in [1.29, 1.82) is 0 Å². The first-order valence-electron chi connectivity index (χ1n) is 23.8. The van der Waals surface area contributed by atoms with Crippen molar-refractivity contribution < 1.29 is 41.5 Å². The summed E-state index contributed by atoms with van der Waals surface area (Å²) < 4.78 is 52.3. The van der Waals surface area contributed by atoms with Crippen molar-refractivity contribution in [3.8, 4) is 11.4 Å². The minimum absolute atomic E-state index is 0.100. The number of halogens is 3. The van der Waals surface area contributed by atoms with E-state index in [1.165, 1.54) is 9.17 Å². The molecule has 1 radical (unpaired) electrons. The zero-order valence-corrected chi connectivity index (χ0v) is 41.4. The number of ketones is 1. The predicted molar refractivity (Wildman–Crippen MR) is 275 cm³/mol. The predicted octanol–water partition coefficient (Wildman–Crippen LogP) is 7.69. The van der Waals surface area contributed by atoms with Crippen molar-refractivity contribution in [3.05, 3.63) is 166 Å². The smallest absolute Gasteiger partial charge is 0.480 e. The molecule has 7 rings (SSSR count). The van der Waals surface area contributed by atoms with Crippen LogP contribution in [0.25, 0.3) is 11.8 Å². The fraction of sp³-hybridized carbons (Fsp3) is 0.264. The number of nitrogens with one attached hydrogen (secondary N) is 4. The molecule has 6 aromatic rings. The Hall–Kier alpha value is -8.46. The lowest BCUT2D eigenvalue weighted by Crippen LogP contribution is -2.43. The third kappa shape index (κ3) is 14.4. The van der Waals surface area contributed by atoms with Crippen molar-refractivity contribution in [2.24, 2.45) is 16.0 Å². The standard InChI is InChI=1S/C53H56BF3N12O5/c1-33-24-34(2)69(54-57)48(33)28-41-16-15-38(61-41)19-22-50(71)59-30-42-31-68(66-65-42)44-9-7-8-37(27-44)53(73)62-47(10-5-6-23-58)49(70)32-74-51-45(55)25-35(26-46(51)56)29-60-52(72)36-11-13-39(14-12-36)63-64-40-17-20-43(21-18-40)67(3)4/h7-9,11-18,20-21,24-28,31,47,61H,5-6,10,19,22-23,29-30,32,58H2,1-4H3,(H,59,71)(H,60,72)(H,62,73)/q+1. The van der Waals surface area contributed by atoms with Gasteiger partial charge in [0.05, 0.1) is 35.8 Å². The van der Waals surface area contributed by atoms with Crippen molar-refractivity contribution in [1.82, 2.24) is 35.9 Å². The molecule has 2 aromatic heterocycles. The number of aryl methyl sites for hydroxylation is 1. The van der Waals surface area contributed by atoms with E-state index in [9.17, 15) is 23.5 Å². The van der Waals surface area contributed by atoms with Gasteiger partial charge in [-0.15, -0.1) is 5.10 Å². The van der Waals surface area contributed by atoms with Crippen LogP contribution in [0.1, 0.15) is 82.9 Å². The lowest BCUT2D eigenvalue weighted by molar-refractivity contribution is -0.319. The molecule has 381 valence electrons. The molecule has 1 aliphatic heterocycles. The largest absolute Gasteiger partial charge is 0.792 e. The fourth-order valence-electron chi connectivity index (χ4n) is 7.85. The van der Waals surface area contributed by atoms with Crippen molar-refractivity contribution in [3.63, 3.8) is 0 Å². The highest BCUT2D eigenvalue weighted by molar-refractivity contribution is 6.19. The van der Waals surface area contributed by atoms with Crippen LogP contribution in [0.15, 0.2) is 131 Å². The number of carbonyl (C=O) groups excluding carboxylic acids is 4. The monoisotopic (exact) mass is 1010 g/mol. The number of hydrogen-bond donors (Lipinski definition) is 5. The Labute approximate surface area is 426 Å². The number of nitrogens with two attached hydrogens (primary N) is 1. The molecule has 0 aliphatic carbocycles. The first kappa shape index (κ1) is 53.3. The number of rotatable bonds is 24. The third-order valence-corrected chi connectivity index (χ3v) is 11.9. The maximum absolute atomic E-state index is 15.3. The molecule has 0 bridgehead atoms. The number of hydrogen-bond acceptors (Lipinski definition) is 11. The van der Waals surface area contributed by atoms with Gasteiger partial charge in [0.2, 0.25) is 5.91 Å². The zero-order chi connectivity index (χ0) is 52.7. The number of nitrogens with zero attached hydrogens (tertiary/aromatic N) is 7. The van der Waals surface area contributed by atoms with Gasteiger partial charge in [0.15, 0.2) is 34.6 Å². The first-order chi connectivity index (χ1) is 35.7. The summed E-state index contributed by atoms with van der Waals surface area (Å²) >= 11 is 0. The SMILES string of the molecule is CC1=CC(C)=[N+]([B]F)/C1=C\c1ccc(CCC(=O)NCc2cn(-c3cccc(C(=O)NC(CCCCN)C(=O)COc4c(F)cc(CNC(=O)c5ccc(N=Nc6ccc(N(C)C)cc6)cc5)cc4F)c3)nn2)[nH]1. The molecule has 0 saturated heterocycles. The molecule has 17 nitrogen and oxygen atoms in total. The van der Waals surface area contributed by atoms with Gasteiger partial charge in [-0.05, 0) is 136 Å². The van der Waals surface area contributed by atoms with Crippen LogP contribution in [0.5, 0.6) is 5.75 Å². The molecule has 0 spiro atoms. The summed E-state index contributed by atoms with van der Waals surface area (Å²) in [5.74, 6) is -4.87. The summed E-state index contributed by atoms with van der Waals surface area (Å²) in [6, 6.07) is 25.0. The maximum Gasteiger partial charge on any atom is 0.792 e. The minimum atomic E-state index is -1.09. The Morgan fingerprint density at radius 2 is 1.61 bits per heavy atom. The Morgan fingerprint density at radius 3 is 2.30 bits per heavy atom. The normalized spacial score (nSPS) is 13.2. The van der Waals surface area contributed by atoms with E-state index in [0.717, 1.165) is 46.2 Å². The van der Waals surface area contributed by atoms with Gasteiger partial charge in [-0.25, -0.2) is 22.3 Å². The van der Waals surface area contributed by atoms with Gasteiger partial charge >= 0.3 is 7.69 Å². The molecule has 21 heteroatoms. The highest BCUT2D eigenvalue weighted by atomic mass is 19.1. The van der Waals surface area contributed by atoms with E-state index >= 15 is 8.78 Å². The summed E-state index contributed by atoms with van der Waals surface area (Å²) in [5.41, 5.74) is 13.5. The number of ether oxygens (including phenoxy) is 1. The number of H-pyrrole nitrogens is 1. The van der Waals surface area contributed by atoms with E-state index in [-0.39, 0.29) is 43.0 Å². The van der Waals surface area contributed by atoms with Crippen LogP contribution in [0.4, 0.5) is 30.2 Å². The summed E-state index contributed by atoms with van der Waals surface area (Å²) in [6.45, 7) is 3.22. The molecular formula is C53H56BF3N12O5+. The van der Waals surface area contributed by atoms with Crippen LogP contribution in [0, 0.1) is 11.6 Å². The lowest BCUT2D eigenvalue weighted by Gasteiger charge is -2.19. The molecule has 74 heavy (non-hydrogen) atoms. The van der Waals surface area contributed by atoms with Gasteiger partial charge in [0.25, 0.3) is 11.8 Å². The molecule has 1 aliphatic rings. The fourth-order valence-corrected chi connectivity index (χ4v) is 7.85. The molecule has 1 unspecified atom stereocenters. The highest BCUT2D eigenvalue weighted by Crippen LogP contribution is 2.26. The number of aromatic amines is 1. The van der Waals surface area contributed by atoms with E-state index < -0.39 is 47.6 Å². The van der Waals surface area contributed by atoms with Crippen molar-refractivity contribution in [2.45, 2.75) is 65.1 Å². The van der Waals surface area contributed by atoms with Crippen LogP contribution in [-0.2, 0) is 29.1 Å². The van der Waals surface area contributed by atoms with E-state index in [1.807, 2.05) is 81.4 Å². The van der Waals surface area contributed by atoms with Crippen molar-refractivity contribution in [2.75, 3.05) is 32.1 Å². The topological polar surface area (TPSA) is 217 Å².